The van der Waals surface area contributed by atoms with Gasteiger partial charge in [0.1, 0.15) is 11.0 Å². The van der Waals surface area contributed by atoms with Crippen LogP contribution >= 0.6 is 22.7 Å². The van der Waals surface area contributed by atoms with E-state index in [4.69, 9.17) is 18.8 Å². The quantitative estimate of drug-likeness (QED) is 0.181. The van der Waals surface area contributed by atoms with Gasteiger partial charge in [-0.1, -0.05) is 97.1 Å². The van der Waals surface area contributed by atoms with E-state index in [2.05, 4.69) is 133 Å². The van der Waals surface area contributed by atoms with E-state index >= 15 is 0 Å². The molecule has 0 atom stereocenters. The molecule has 0 amide bonds. The van der Waals surface area contributed by atoms with Gasteiger partial charge in [-0.3, -0.25) is 0 Å². The number of benzene rings is 8. The molecule has 0 aliphatic rings. The molecular formula is C48H26N2O2S2. The van der Waals surface area contributed by atoms with Crippen molar-refractivity contribution in [3.8, 4) is 45.2 Å². The second-order valence-corrected chi connectivity index (χ2v) is 15.9. The summed E-state index contributed by atoms with van der Waals surface area (Å²) in [5, 5.41) is 7.25. The highest BCUT2D eigenvalue weighted by molar-refractivity contribution is 7.36. The number of rotatable bonds is 4. The van der Waals surface area contributed by atoms with Crippen molar-refractivity contribution in [1.82, 2.24) is 9.97 Å². The first-order valence-corrected chi connectivity index (χ1v) is 19.5. The fourth-order valence-electron chi connectivity index (χ4n) is 7.70. The molecule has 0 bridgehead atoms. The molecule has 0 aliphatic carbocycles. The van der Waals surface area contributed by atoms with E-state index in [9.17, 15) is 0 Å². The van der Waals surface area contributed by atoms with Gasteiger partial charge in [0.2, 0.25) is 11.8 Å². The molecule has 12 rings (SSSR count). The number of hydrogen-bond acceptors (Lipinski definition) is 6. The Balaban J connectivity index is 0.823. The zero-order valence-corrected chi connectivity index (χ0v) is 30.2. The Kier molecular flexibility index (Phi) is 6.34. The molecular weight excluding hydrogens is 701 g/mol. The second-order valence-electron chi connectivity index (χ2n) is 13.8. The molecule has 6 heteroatoms. The van der Waals surface area contributed by atoms with E-state index in [1.165, 1.54) is 51.8 Å². The molecule has 0 aliphatic heterocycles. The third-order valence-corrected chi connectivity index (χ3v) is 13.0. The summed E-state index contributed by atoms with van der Waals surface area (Å²) in [7, 11) is 0. The molecule has 0 N–H and O–H groups in total. The predicted octanol–water partition coefficient (Wildman–Crippen LogP) is 14.5. The highest BCUT2D eigenvalue weighted by atomic mass is 32.1. The molecule has 252 valence electrons. The van der Waals surface area contributed by atoms with Crippen LogP contribution < -0.4 is 0 Å². The number of nitrogens with zero attached hydrogens (tertiary/aromatic N) is 2. The van der Waals surface area contributed by atoms with Crippen LogP contribution in [0.5, 0.6) is 0 Å². The van der Waals surface area contributed by atoms with Crippen molar-refractivity contribution >= 4 is 96.0 Å². The summed E-state index contributed by atoms with van der Waals surface area (Å²) >= 11 is 3.76. The maximum atomic E-state index is 6.19. The first-order valence-electron chi connectivity index (χ1n) is 17.9. The fourth-order valence-corrected chi connectivity index (χ4v) is 10.4. The van der Waals surface area contributed by atoms with E-state index in [0.717, 1.165) is 54.9 Å². The van der Waals surface area contributed by atoms with Crippen LogP contribution in [0.15, 0.2) is 167 Å². The number of thiophene rings is 2. The summed E-state index contributed by atoms with van der Waals surface area (Å²) in [5.41, 5.74) is 10.0. The van der Waals surface area contributed by atoms with E-state index in [-0.39, 0.29) is 0 Å². The minimum Gasteiger partial charge on any atom is -0.436 e. The molecule has 8 aromatic carbocycles. The highest BCUT2D eigenvalue weighted by Gasteiger charge is 2.16. The van der Waals surface area contributed by atoms with E-state index in [0.29, 0.717) is 11.8 Å². The number of oxazole rings is 2. The zero-order chi connectivity index (χ0) is 35.3. The second kappa shape index (κ2) is 11.4. The van der Waals surface area contributed by atoms with E-state index in [1.54, 1.807) is 0 Å². The van der Waals surface area contributed by atoms with Gasteiger partial charge < -0.3 is 8.83 Å². The highest BCUT2D eigenvalue weighted by Crippen LogP contribution is 2.46. The first-order chi connectivity index (χ1) is 26.7. The van der Waals surface area contributed by atoms with Crippen molar-refractivity contribution in [1.29, 1.82) is 0 Å². The Hall–Kier alpha value is -6.60. The van der Waals surface area contributed by atoms with Crippen LogP contribution in [0.4, 0.5) is 0 Å². The van der Waals surface area contributed by atoms with Crippen LogP contribution in [0.1, 0.15) is 0 Å². The summed E-state index contributed by atoms with van der Waals surface area (Å²) in [5.74, 6) is 1.28. The van der Waals surface area contributed by atoms with Crippen LogP contribution in [0.25, 0.3) is 118 Å². The lowest BCUT2D eigenvalue weighted by molar-refractivity contribution is 0.620. The summed E-state index contributed by atoms with van der Waals surface area (Å²) in [6.07, 6.45) is 0. The molecule has 0 unspecified atom stereocenters. The Morgan fingerprint density at radius 3 is 1.15 bits per heavy atom. The van der Waals surface area contributed by atoms with Crippen LogP contribution in [0, 0.1) is 0 Å². The minimum absolute atomic E-state index is 0.641. The number of aromatic nitrogens is 2. The minimum atomic E-state index is 0.641. The molecule has 4 aromatic heterocycles. The Labute approximate surface area is 316 Å². The molecule has 4 nitrogen and oxygen atoms in total. The van der Waals surface area contributed by atoms with Crippen molar-refractivity contribution in [2.45, 2.75) is 0 Å². The van der Waals surface area contributed by atoms with Crippen LogP contribution in [0.2, 0.25) is 0 Å². The van der Waals surface area contributed by atoms with Gasteiger partial charge in [-0.2, -0.15) is 0 Å². The molecule has 0 spiro atoms. The van der Waals surface area contributed by atoms with Gasteiger partial charge in [-0.15, -0.1) is 22.7 Å². The Morgan fingerprint density at radius 1 is 0.352 bits per heavy atom. The van der Waals surface area contributed by atoms with Crippen LogP contribution in [-0.2, 0) is 0 Å². The van der Waals surface area contributed by atoms with Gasteiger partial charge in [0, 0.05) is 31.3 Å². The monoisotopic (exact) mass is 726 g/mol. The topological polar surface area (TPSA) is 52.1 Å². The molecule has 0 radical (unpaired) electrons. The predicted molar refractivity (Wildman–Crippen MR) is 227 cm³/mol. The maximum Gasteiger partial charge on any atom is 0.227 e. The zero-order valence-electron chi connectivity index (χ0n) is 28.5. The maximum absolute atomic E-state index is 6.19. The van der Waals surface area contributed by atoms with Gasteiger partial charge >= 0.3 is 0 Å². The standard InChI is InChI=1S/C48H26N2O2S2/c1-3-7-33-23-41-39(21-31(33)5-1)49-47(51-41)29-13-9-27(10-14-29)35-17-19-37-43(25-35)53-46-38-20-18-36(26-44(38)54-45(37)46)28-11-15-30(16-12-28)48-50-40-22-32-6-2-4-8-34(32)24-42(40)52-48/h1-26H. The van der Waals surface area contributed by atoms with Crippen molar-refractivity contribution in [3.05, 3.63) is 158 Å². The lowest BCUT2D eigenvalue weighted by Crippen LogP contribution is -1.80. The SMILES string of the molecule is c1ccc2cc3oc(-c4ccc(-c5ccc6c(c5)sc5c7ccc(-c8ccc(-c9nc%10cc%11ccccc%11cc%10o9)cc8)cc7sc65)cc4)nc3cc2c1. The Bertz CT molecular complexity index is 3100. The van der Waals surface area contributed by atoms with Gasteiger partial charge in [0.05, 0.1) is 9.40 Å². The fraction of sp³-hybridized carbons (Fsp3) is 0. The van der Waals surface area contributed by atoms with Crippen LogP contribution in [-0.4, -0.2) is 9.97 Å². The molecule has 0 saturated carbocycles. The lowest BCUT2D eigenvalue weighted by atomic mass is 10.0. The largest absolute Gasteiger partial charge is 0.436 e. The van der Waals surface area contributed by atoms with E-state index in [1.807, 2.05) is 46.9 Å². The van der Waals surface area contributed by atoms with Crippen molar-refractivity contribution in [2.24, 2.45) is 0 Å². The van der Waals surface area contributed by atoms with Gasteiger partial charge in [0.15, 0.2) is 11.2 Å². The molecule has 12 aromatic rings. The summed E-state index contributed by atoms with van der Waals surface area (Å²) in [6, 6.07) is 55.7. The smallest absolute Gasteiger partial charge is 0.227 e. The lowest BCUT2D eigenvalue weighted by Gasteiger charge is -2.04. The van der Waals surface area contributed by atoms with Crippen molar-refractivity contribution in [3.63, 3.8) is 0 Å². The van der Waals surface area contributed by atoms with Crippen molar-refractivity contribution < 1.29 is 8.83 Å². The third-order valence-electron chi connectivity index (χ3n) is 10.5. The molecule has 54 heavy (non-hydrogen) atoms. The normalized spacial score (nSPS) is 12.1. The average molecular weight is 727 g/mol. The Morgan fingerprint density at radius 2 is 0.722 bits per heavy atom. The summed E-state index contributed by atoms with van der Waals surface area (Å²) in [4.78, 5) is 9.60. The third kappa shape index (κ3) is 4.74. The van der Waals surface area contributed by atoms with Crippen LogP contribution in [0.3, 0.4) is 0 Å². The summed E-state index contributed by atoms with van der Waals surface area (Å²) in [6.45, 7) is 0. The summed E-state index contributed by atoms with van der Waals surface area (Å²) < 4.78 is 17.7. The van der Waals surface area contributed by atoms with E-state index < -0.39 is 0 Å². The van der Waals surface area contributed by atoms with Gasteiger partial charge in [0.25, 0.3) is 0 Å². The van der Waals surface area contributed by atoms with Gasteiger partial charge in [-0.05, 0) is 104 Å². The average Bonchev–Trinajstić information content (AvgIpc) is 4.00. The first kappa shape index (κ1) is 29.9. The number of fused-ring (bicyclic) bond motifs is 9. The molecule has 0 saturated heterocycles. The van der Waals surface area contributed by atoms with Gasteiger partial charge in [-0.25, -0.2) is 9.97 Å². The van der Waals surface area contributed by atoms with Crippen molar-refractivity contribution in [2.75, 3.05) is 0 Å². The molecule has 0 fully saturated rings. The molecule has 4 heterocycles. The number of hydrogen-bond donors (Lipinski definition) is 0.